The standard InChI is InChI=1S/C10H11ClO3S/c11-8-4-3-7(15-8)9-6(10(12)13)2-1-5-14-9/h3-4,6,9H,1-2,5H2,(H,12,13). The Morgan fingerprint density at radius 2 is 2.40 bits per heavy atom. The van der Waals surface area contributed by atoms with Crippen molar-refractivity contribution in [1.29, 1.82) is 0 Å². The van der Waals surface area contributed by atoms with Crippen molar-refractivity contribution in [1.82, 2.24) is 0 Å². The van der Waals surface area contributed by atoms with Crippen molar-refractivity contribution in [3.05, 3.63) is 21.3 Å². The van der Waals surface area contributed by atoms with Gasteiger partial charge in [0.25, 0.3) is 0 Å². The van der Waals surface area contributed by atoms with Gasteiger partial charge < -0.3 is 9.84 Å². The molecule has 0 aromatic carbocycles. The molecule has 1 aliphatic rings. The van der Waals surface area contributed by atoms with Gasteiger partial charge in [-0.25, -0.2) is 0 Å². The Kier molecular flexibility index (Phi) is 3.29. The summed E-state index contributed by atoms with van der Waals surface area (Å²) in [5, 5.41) is 9.07. The van der Waals surface area contributed by atoms with Crippen molar-refractivity contribution in [2.75, 3.05) is 6.61 Å². The van der Waals surface area contributed by atoms with Gasteiger partial charge >= 0.3 is 5.97 Å². The monoisotopic (exact) mass is 246 g/mol. The summed E-state index contributed by atoms with van der Waals surface area (Å²) in [6, 6.07) is 3.62. The predicted molar refractivity (Wildman–Crippen MR) is 58.4 cm³/mol. The van der Waals surface area contributed by atoms with Gasteiger partial charge in [0.15, 0.2) is 0 Å². The van der Waals surface area contributed by atoms with Gasteiger partial charge in [-0.05, 0) is 25.0 Å². The Morgan fingerprint density at radius 1 is 1.60 bits per heavy atom. The van der Waals surface area contributed by atoms with Crippen LogP contribution in [0.3, 0.4) is 0 Å². The fourth-order valence-corrected chi connectivity index (χ4v) is 2.97. The lowest BCUT2D eigenvalue weighted by atomic mass is 9.93. The van der Waals surface area contributed by atoms with Crippen molar-refractivity contribution < 1.29 is 14.6 Å². The van der Waals surface area contributed by atoms with Crippen LogP contribution in [0.5, 0.6) is 0 Å². The van der Waals surface area contributed by atoms with Crippen molar-refractivity contribution >= 4 is 28.9 Å². The Morgan fingerprint density at radius 3 is 3.00 bits per heavy atom. The van der Waals surface area contributed by atoms with Crippen LogP contribution in [0.25, 0.3) is 0 Å². The number of halogens is 1. The molecule has 0 spiro atoms. The minimum Gasteiger partial charge on any atom is -0.481 e. The molecule has 1 saturated heterocycles. The minimum absolute atomic E-state index is 0.325. The average molecular weight is 247 g/mol. The lowest BCUT2D eigenvalue weighted by molar-refractivity contribution is -0.151. The van der Waals surface area contributed by atoms with Crippen LogP contribution in [0.15, 0.2) is 12.1 Å². The number of aliphatic carboxylic acids is 1. The molecule has 1 aliphatic heterocycles. The molecule has 2 unspecified atom stereocenters. The summed E-state index contributed by atoms with van der Waals surface area (Å²) in [6.07, 6.45) is 1.16. The van der Waals surface area contributed by atoms with Gasteiger partial charge in [0.1, 0.15) is 6.10 Å². The van der Waals surface area contributed by atoms with Crippen LogP contribution in [0.4, 0.5) is 0 Å². The van der Waals surface area contributed by atoms with Crippen LogP contribution in [-0.2, 0) is 9.53 Å². The number of thiophene rings is 1. The molecule has 2 heterocycles. The predicted octanol–water partition coefficient (Wildman–Crippen LogP) is 2.95. The molecule has 0 saturated carbocycles. The summed E-state index contributed by atoms with van der Waals surface area (Å²) in [5.41, 5.74) is 0. The Balaban J connectivity index is 2.21. The van der Waals surface area contributed by atoms with E-state index >= 15 is 0 Å². The molecule has 82 valence electrons. The first-order valence-corrected chi connectivity index (χ1v) is 5.97. The third-order valence-electron chi connectivity index (χ3n) is 2.51. The number of hydrogen-bond acceptors (Lipinski definition) is 3. The Labute approximate surface area is 96.6 Å². The van der Waals surface area contributed by atoms with Crippen LogP contribution in [0, 0.1) is 5.92 Å². The molecule has 1 aromatic heterocycles. The first kappa shape index (κ1) is 10.9. The van der Waals surface area contributed by atoms with E-state index in [4.69, 9.17) is 21.4 Å². The fourth-order valence-electron chi connectivity index (χ4n) is 1.80. The van der Waals surface area contributed by atoms with Crippen molar-refractivity contribution in [2.24, 2.45) is 5.92 Å². The largest absolute Gasteiger partial charge is 0.481 e. The van der Waals surface area contributed by atoms with E-state index in [1.807, 2.05) is 6.07 Å². The van der Waals surface area contributed by atoms with Gasteiger partial charge in [0, 0.05) is 11.5 Å². The summed E-state index contributed by atoms with van der Waals surface area (Å²) in [5.74, 6) is -1.22. The quantitative estimate of drug-likeness (QED) is 0.873. The average Bonchev–Trinajstić information content (AvgIpc) is 2.65. The molecule has 2 atom stereocenters. The van der Waals surface area contributed by atoms with E-state index < -0.39 is 11.9 Å². The molecule has 1 aromatic rings. The minimum atomic E-state index is -0.788. The van der Waals surface area contributed by atoms with E-state index in [0.29, 0.717) is 17.4 Å². The maximum atomic E-state index is 11.0. The smallest absolute Gasteiger partial charge is 0.309 e. The first-order chi connectivity index (χ1) is 7.18. The molecule has 0 radical (unpaired) electrons. The second-order valence-corrected chi connectivity index (χ2v) is 5.27. The third-order valence-corrected chi connectivity index (χ3v) is 3.81. The molecule has 15 heavy (non-hydrogen) atoms. The van der Waals surface area contributed by atoms with E-state index in [0.717, 1.165) is 11.3 Å². The van der Waals surface area contributed by atoms with Crippen LogP contribution in [0.1, 0.15) is 23.8 Å². The van der Waals surface area contributed by atoms with Gasteiger partial charge in [-0.2, -0.15) is 0 Å². The number of rotatable bonds is 2. The molecule has 1 N–H and O–H groups in total. The Hall–Kier alpha value is -0.580. The van der Waals surface area contributed by atoms with Gasteiger partial charge in [0.2, 0.25) is 0 Å². The lowest BCUT2D eigenvalue weighted by Gasteiger charge is -2.27. The first-order valence-electron chi connectivity index (χ1n) is 4.78. The highest BCUT2D eigenvalue weighted by Crippen LogP contribution is 2.38. The number of carboxylic acids is 1. The topological polar surface area (TPSA) is 46.5 Å². The highest BCUT2D eigenvalue weighted by Gasteiger charge is 2.33. The van der Waals surface area contributed by atoms with Crippen LogP contribution in [0.2, 0.25) is 4.34 Å². The number of ether oxygens (including phenoxy) is 1. The van der Waals surface area contributed by atoms with Crippen LogP contribution >= 0.6 is 22.9 Å². The van der Waals surface area contributed by atoms with Crippen LogP contribution < -0.4 is 0 Å². The second kappa shape index (κ2) is 4.51. The normalized spacial score (nSPS) is 26.5. The molecule has 2 rings (SSSR count). The SMILES string of the molecule is O=C(O)C1CCCOC1c1ccc(Cl)s1. The lowest BCUT2D eigenvalue weighted by Crippen LogP contribution is -2.28. The maximum Gasteiger partial charge on any atom is 0.309 e. The summed E-state index contributed by atoms with van der Waals surface area (Å²) >= 11 is 7.21. The molecule has 0 bridgehead atoms. The molecule has 1 fully saturated rings. The highest BCUT2D eigenvalue weighted by atomic mass is 35.5. The van der Waals surface area contributed by atoms with Gasteiger partial charge in [-0.15, -0.1) is 11.3 Å². The van der Waals surface area contributed by atoms with E-state index in [1.165, 1.54) is 11.3 Å². The number of carbonyl (C=O) groups is 1. The van der Waals surface area contributed by atoms with Crippen molar-refractivity contribution in [2.45, 2.75) is 18.9 Å². The van der Waals surface area contributed by atoms with E-state index in [1.54, 1.807) is 6.07 Å². The van der Waals surface area contributed by atoms with E-state index in [2.05, 4.69) is 0 Å². The number of carboxylic acid groups (broad SMARTS) is 1. The van der Waals surface area contributed by atoms with Crippen molar-refractivity contribution in [3.8, 4) is 0 Å². The molecule has 0 amide bonds. The highest BCUT2D eigenvalue weighted by molar-refractivity contribution is 7.16. The summed E-state index contributed by atoms with van der Waals surface area (Å²) < 4.78 is 6.19. The van der Waals surface area contributed by atoms with E-state index in [9.17, 15) is 4.79 Å². The van der Waals surface area contributed by atoms with Crippen molar-refractivity contribution in [3.63, 3.8) is 0 Å². The summed E-state index contributed by atoms with van der Waals surface area (Å²) in [6.45, 7) is 0.629. The molecular formula is C10H11ClO3S. The zero-order chi connectivity index (χ0) is 10.8. The third kappa shape index (κ3) is 2.33. The Bertz CT molecular complexity index is 363. The molecular weight excluding hydrogens is 236 g/mol. The second-order valence-electron chi connectivity index (χ2n) is 3.52. The zero-order valence-corrected chi connectivity index (χ0v) is 9.55. The fraction of sp³-hybridized carbons (Fsp3) is 0.500. The zero-order valence-electron chi connectivity index (χ0n) is 7.98. The molecule has 5 heteroatoms. The molecule has 0 aliphatic carbocycles. The summed E-state index contributed by atoms with van der Waals surface area (Å²) in [7, 11) is 0. The van der Waals surface area contributed by atoms with Gasteiger partial charge in [-0.3, -0.25) is 4.79 Å². The van der Waals surface area contributed by atoms with Crippen LogP contribution in [-0.4, -0.2) is 17.7 Å². The van der Waals surface area contributed by atoms with Gasteiger partial charge in [0.05, 0.1) is 10.3 Å². The van der Waals surface area contributed by atoms with E-state index in [-0.39, 0.29) is 6.10 Å². The van der Waals surface area contributed by atoms with Gasteiger partial charge in [-0.1, -0.05) is 11.6 Å². The summed E-state index contributed by atoms with van der Waals surface area (Å²) in [4.78, 5) is 11.9. The maximum absolute atomic E-state index is 11.0. The number of hydrogen-bond donors (Lipinski definition) is 1. The molecule has 3 nitrogen and oxygen atoms in total.